The summed E-state index contributed by atoms with van der Waals surface area (Å²) in [6.45, 7) is 2.11. The number of aromatic nitrogens is 2. The first-order valence-corrected chi connectivity index (χ1v) is 10.8. The molecule has 0 aliphatic heterocycles. The lowest BCUT2D eigenvalue weighted by Gasteiger charge is -2.08. The van der Waals surface area contributed by atoms with Crippen molar-refractivity contribution in [3.8, 4) is 6.07 Å². The van der Waals surface area contributed by atoms with Crippen molar-refractivity contribution in [2.24, 2.45) is 0 Å². The van der Waals surface area contributed by atoms with Gasteiger partial charge in [0.2, 0.25) is 5.91 Å². The number of rotatable bonds is 6. The smallest absolute Gasteiger partial charge is 0.232 e. The molecule has 0 radical (unpaired) electrons. The Bertz CT molecular complexity index is 1180. The van der Waals surface area contributed by atoms with Crippen molar-refractivity contribution in [2.75, 3.05) is 5.75 Å². The van der Waals surface area contributed by atoms with Crippen molar-refractivity contribution < 1.29 is 4.79 Å². The molecule has 4 aromatic rings. The van der Waals surface area contributed by atoms with Crippen LogP contribution in [0.25, 0.3) is 21.8 Å². The molecule has 0 saturated carbocycles. The Morgan fingerprint density at radius 2 is 1.69 bits per heavy atom. The zero-order valence-electron chi connectivity index (χ0n) is 16.3. The lowest BCUT2D eigenvalue weighted by atomic mass is 10.2. The van der Waals surface area contributed by atoms with Crippen molar-refractivity contribution in [1.29, 1.82) is 5.26 Å². The van der Waals surface area contributed by atoms with Crippen LogP contribution in [-0.4, -0.2) is 21.2 Å². The van der Waals surface area contributed by atoms with E-state index in [1.54, 1.807) is 0 Å². The maximum absolute atomic E-state index is 13.1. The zero-order chi connectivity index (χ0) is 20.2. The van der Waals surface area contributed by atoms with Crippen LogP contribution in [0.5, 0.6) is 0 Å². The second kappa shape index (κ2) is 8.50. The maximum Gasteiger partial charge on any atom is 0.232 e. The van der Waals surface area contributed by atoms with Crippen LogP contribution in [0.2, 0.25) is 0 Å². The van der Waals surface area contributed by atoms with Crippen LogP contribution in [0.4, 0.5) is 0 Å². The number of hydrogen-bond acceptors (Lipinski definition) is 4. The number of aryl methyl sites for hydroxylation is 1. The van der Waals surface area contributed by atoms with Crippen LogP contribution in [0, 0.1) is 11.3 Å². The molecule has 2 aromatic heterocycles. The maximum atomic E-state index is 13.1. The number of pyridine rings is 1. The van der Waals surface area contributed by atoms with Gasteiger partial charge in [0.05, 0.1) is 16.6 Å². The van der Waals surface area contributed by atoms with Crippen LogP contribution < -0.4 is 0 Å². The molecule has 0 atom stereocenters. The number of benzene rings is 2. The molecule has 2 aromatic carbocycles. The van der Waals surface area contributed by atoms with Crippen LogP contribution in [0.15, 0.2) is 65.7 Å². The molecule has 5 heteroatoms. The van der Waals surface area contributed by atoms with Gasteiger partial charge in [0.1, 0.15) is 11.1 Å². The molecule has 0 aliphatic rings. The summed E-state index contributed by atoms with van der Waals surface area (Å²) >= 11 is 1.48. The van der Waals surface area contributed by atoms with Crippen molar-refractivity contribution in [2.45, 2.75) is 31.2 Å². The van der Waals surface area contributed by atoms with Gasteiger partial charge in [-0.25, -0.2) is 4.98 Å². The Hall–Kier alpha value is -3.10. The Balaban J connectivity index is 1.57. The fraction of sp³-hybridized carbons (Fsp3) is 0.208. The van der Waals surface area contributed by atoms with Gasteiger partial charge >= 0.3 is 0 Å². The summed E-state index contributed by atoms with van der Waals surface area (Å²) in [6, 6.07) is 22.0. The monoisotopic (exact) mass is 399 g/mol. The van der Waals surface area contributed by atoms with Gasteiger partial charge in [-0.05, 0) is 30.7 Å². The quantitative estimate of drug-likeness (QED) is 0.382. The number of carbonyl (C=O) groups excluding carboxylic acids is 1. The SMILES string of the molecule is CCCc1ccc(C#N)c(SCCC(=O)n2c3ccccc3c3ccccc32)n1. The summed E-state index contributed by atoms with van der Waals surface area (Å²) < 4.78 is 1.82. The molecule has 0 saturated heterocycles. The molecule has 0 aliphatic carbocycles. The molecule has 2 heterocycles. The molecular formula is C24H21N3OS. The first kappa shape index (κ1) is 19.2. The Labute approximate surface area is 174 Å². The number of hydrogen-bond donors (Lipinski definition) is 0. The normalized spacial score (nSPS) is 11.0. The highest BCUT2D eigenvalue weighted by Crippen LogP contribution is 2.29. The van der Waals surface area contributed by atoms with Gasteiger partial charge in [-0.2, -0.15) is 5.26 Å². The fourth-order valence-corrected chi connectivity index (χ4v) is 4.53. The minimum atomic E-state index is 0.0538. The van der Waals surface area contributed by atoms with Crippen LogP contribution in [0.3, 0.4) is 0 Å². The molecule has 0 fully saturated rings. The number of fused-ring (bicyclic) bond motifs is 3. The minimum Gasteiger partial charge on any atom is -0.280 e. The van der Waals surface area contributed by atoms with E-state index in [2.05, 4.69) is 30.1 Å². The van der Waals surface area contributed by atoms with Gasteiger partial charge in [0.25, 0.3) is 0 Å². The number of nitriles is 1. The average Bonchev–Trinajstić information content (AvgIpc) is 3.09. The second-order valence-electron chi connectivity index (χ2n) is 6.88. The Kier molecular flexibility index (Phi) is 5.64. The Morgan fingerprint density at radius 3 is 2.31 bits per heavy atom. The molecule has 144 valence electrons. The summed E-state index contributed by atoms with van der Waals surface area (Å²) in [4.78, 5) is 17.7. The van der Waals surface area contributed by atoms with E-state index in [4.69, 9.17) is 0 Å². The highest BCUT2D eigenvalue weighted by molar-refractivity contribution is 7.99. The summed E-state index contributed by atoms with van der Waals surface area (Å²) in [6.07, 6.45) is 2.27. The summed E-state index contributed by atoms with van der Waals surface area (Å²) in [5.74, 6) is 0.634. The van der Waals surface area contributed by atoms with Crippen LogP contribution in [-0.2, 0) is 6.42 Å². The third kappa shape index (κ3) is 3.76. The minimum absolute atomic E-state index is 0.0538. The summed E-state index contributed by atoms with van der Waals surface area (Å²) in [5, 5.41) is 12.3. The highest BCUT2D eigenvalue weighted by atomic mass is 32.2. The van der Waals surface area contributed by atoms with Crippen molar-refractivity contribution in [1.82, 2.24) is 9.55 Å². The average molecular weight is 400 g/mol. The molecular weight excluding hydrogens is 378 g/mol. The summed E-state index contributed by atoms with van der Waals surface area (Å²) in [5.41, 5.74) is 3.43. The molecule has 0 bridgehead atoms. The largest absolute Gasteiger partial charge is 0.280 e. The van der Waals surface area contributed by atoms with Gasteiger partial charge in [-0.15, -0.1) is 11.8 Å². The third-order valence-corrected chi connectivity index (χ3v) is 5.92. The fourth-order valence-electron chi connectivity index (χ4n) is 3.61. The van der Waals surface area contributed by atoms with E-state index in [1.807, 2.05) is 53.1 Å². The van der Waals surface area contributed by atoms with E-state index >= 15 is 0 Å². The second-order valence-corrected chi connectivity index (χ2v) is 7.96. The Morgan fingerprint density at radius 1 is 1.03 bits per heavy atom. The van der Waals surface area contributed by atoms with Gasteiger partial charge in [-0.3, -0.25) is 9.36 Å². The molecule has 4 rings (SSSR count). The molecule has 0 amide bonds. The van der Waals surface area contributed by atoms with Crippen molar-refractivity contribution in [3.63, 3.8) is 0 Å². The van der Waals surface area contributed by atoms with Crippen molar-refractivity contribution in [3.05, 3.63) is 71.9 Å². The molecule has 0 N–H and O–H groups in total. The third-order valence-electron chi connectivity index (χ3n) is 4.93. The van der Waals surface area contributed by atoms with E-state index in [1.165, 1.54) is 11.8 Å². The van der Waals surface area contributed by atoms with Crippen LogP contribution in [0.1, 0.15) is 35.8 Å². The van der Waals surface area contributed by atoms with Crippen molar-refractivity contribution >= 4 is 39.5 Å². The van der Waals surface area contributed by atoms with E-state index in [-0.39, 0.29) is 5.91 Å². The standard InChI is InChI=1S/C24H21N3OS/c1-2-7-18-13-12-17(16-25)24(26-18)29-15-14-23(28)27-21-10-5-3-8-19(21)20-9-4-6-11-22(20)27/h3-6,8-13H,2,7,14-15H2,1H3. The van der Waals surface area contributed by atoms with E-state index < -0.39 is 0 Å². The predicted octanol–water partition coefficient (Wildman–Crippen LogP) is 5.84. The van der Waals surface area contributed by atoms with Gasteiger partial charge in [0, 0.05) is 28.6 Å². The van der Waals surface area contributed by atoms with Gasteiger partial charge in [0.15, 0.2) is 0 Å². The lowest BCUT2D eigenvalue weighted by Crippen LogP contribution is -2.11. The van der Waals surface area contributed by atoms with E-state index in [0.29, 0.717) is 22.8 Å². The predicted molar refractivity (Wildman–Crippen MR) is 118 cm³/mol. The molecule has 0 spiro atoms. The first-order chi connectivity index (χ1) is 14.2. The zero-order valence-corrected chi connectivity index (χ0v) is 17.1. The topological polar surface area (TPSA) is 58.7 Å². The number of thioether (sulfide) groups is 1. The number of carbonyl (C=O) groups is 1. The van der Waals surface area contributed by atoms with Gasteiger partial charge in [-0.1, -0.05) is 49.7 Å². The van der Waals surface area contributed by atoms with E-state index in [0.717, 1.165) is 40.3 Å². The number of nitrogens with zero attached hydrogens (tertiary/aromatic N) is 3. The van der Waals surface area contributed by atoms with E-state index in [9.17, 15) is 10.1 Å². The lowest BCUT2D eigenvalue weighted by molar-refractivity contribution is 0.0920. The van der Waals surface area contributed by atoms with Gasteiger partial charge < -0.3 is 0 Å². The summed E-state index contributed by atoms with van der Waals surface area (Å²) in [7, 11) is 0. The first-order valence-electron chi connectivity index (χ1n) is 9.77. The van der Waals surface area contributed by atoms with Crippen LogP contribution >= 0.6 is 11.8 Å². The highest BCUT2D eigenvalue weighted by Gasteiger charge is 2.16. The number of para-hydroxylation sites is 2. The molecule has 0 unspecified atom stereocenters. The molecule has 4 nitrogen and oxygen atoms in total. The molecule has 29 heavy (non-hydrogen) atoms.